The van der Waals surface area contributed by atoms with Crippen molar-refractivity contribution in [1.82, 2.24) is 19.9 Å². The van der Waals surface area contributed by atoms with Crippen molar-refractivity contribution in [2.45, 2.75) is 6.42 Å². The quantitative estimate of drug-likeness (QED) is 0.807. The minimum atomic E-state index is 0.222. The molecule has 2 aromatic heterocycles. The van der Waals surface area contributed by atoms with Gasteiger partial charge in [0.15, 0.2) is 5.65 Å². The van der Waals surface area contributed by atoms with Gasteiger partial charge in [-0.25, -0.2) is 15.0 Å². The van der Waals surface area contributed by atoms with Crippen LogP contribution in [0.4, 0.5) is 5.95 Å². The zero-order valence-electron chi connectivity index (χ0n) is 7.31. The smallest absolute Gasteiger partial charge is 0.222 e. The van der Waals surface area contributed by atoms with Crippen molar-refractivity contribution < 1.29 is 0 Å². The fourth-order valence-corrected chi connectivity index (χ4v) is 1.50. The Bertz CT molecular complexity index is 458. The first-order valence-electron chi connectivity index (χ1n) is 4.09. The van der Waals surface area contributed by atoms with Gasteiger partial charge >= 0.3 is 0 Å². The first-order valence-corrected chi connectivity index (χ1v) is 5.22. The molecule has 0 aliphatic carbocycles. The van der Waals surface area contributed by atoms with E-state index in [1.54, 1.807) is 12.4 Å². The third kappa shape index (κ3) is 1.79. The zero-order chi connectivity index (χ0) is 9.97. The summed E-state index contributed by atoms with van der Waals surface area (Å²) in [5.74, 6) is 0.222. The average Bonchev–Trinajstić information content (AvgIpc) is 2.19. The van der Waals surface area contributed by atoms with Crippen LogP contribution in [0, 0.1) is 0 Å². The van der Waals surface area contributed by atoms with Crippen molar-refractivity contribution in [3.63, 3.8) is 0 Å². The second kappa shape index (κ2) is 3.83. The predicted octanol–water partition coefficient (Wildman–Crippen LogP) is 0.939. The van der Waals surface area contributed by atoms with E-state index in [2.05, 4.69) is 35.9 Å². The van der Waals surface area contributed by atoms with Gasteiger partial charge in [-0.2, -0.15) is 4.98 Å². The van der Waals surface area contributed by atoms with E-state index in [0.29, 0.717) is 11.2 Å². The van der Waals surface area contributed by atoms with Crippen LogP contribution in [-0.2, 0) is 6.42 Å². The summed E-state index contributed by atoms with van der Waals surface area (Å²) in [7, 11) is 0. The molecule has 14 heavy (non-hydrogen) atoms. The number of aromatic nitrogens is 4. The van der Waals surface area contributed by atoms with Gasteiger partial charge in [0.2, 0.25) is 5.95 Å². The molecule has 0 fully saturated rings. The van der Waals surface area contributed by atoms with Crippen molar-refractivity contribution in [3.05, 3.63) is 18.1 Å². The van der Waals surface area contributed by atoms with Crippen LogP contribution in [0.15, 0.2) is 12.4 Å². The molecule has 6 heteroatoms. The summed E-state index contributed by atoms with van der Waals surface area (Å²) in [6.07, 6.45) is 4.13. The predicted molar refractivity (Wildman–Crippen MR) is 57.0 cm³/mol. The first-order chi connectivity index (χ1) is 6.79. The minimum absolute atomic E-state index is 0.222. The second-order valence-electron chi connectivity index (χ2n) is 2.74. The number of hydrogen-bond acceptors (Lipinski definition) is 5. The van der Waals surface area contributed by atoms with Crippen molar-refractivity contribution in [3.8, 4) is 0 Å². The lowest BCUT2D eigenvalue weighted by Crippen LogP contribution is -1.99. The lowest BCUT2D eigenvalue weighted by atomic mass is 10.3. The highest BCUT2D eigenvalue weighted by molar-refractivity contribution is 9.09. The van der Waals surface area contributed by atoms with E-state index < -0.39 is 0 Å². The van der Waals surface area contributed by atoms with Gasteiger partial charge < -0.3 is 5.73 Å². The minimum Gasteiger partial charge on any atom is -0.368 e. The van der Waals surface area contributed by atoms with Crippen LogP contribution in [0.1, 0.15) is 5.69 Å². The Morgan fingerprint density at radius 3 is 2.86 bits per heavy atom. The standard InChI is InChI=1S/C8H8BrN5/c9-2-1-5-3-11-7-6(13-5)4-12-8(10)14-7/h3-4H,1-2H2,(H2,10,11,12,14). The van der Waals surface area contributed by atoms with Crippen LogP contribution in [0.5, 0.6) is 0 Å². The van der Waals surface area contributed by atoms with Crippen LogP contribution in [-0.4, -0.2) is 25.3 Å². The summed E-state index contributed by atoms with van der Waals surface area (Å²) in [4.78, 5) is 16.3. The van der Waals surface area contributed by atoms with E-state index in [-0.39, 0.29) is 5.95 Å². The highest BCUT2D eigenvalue weighted by Gasteiger charge is 2.01. The molecule has 2 rings (SSSR count). The van der Waals surface area contributed by atoms with Crippen molar-refractivity contribution in [2.24, 2.45) is 0 Å². The van der Waals surface area contributed by atoms with Gasteiger partial charge in [0, 0.05) is 11.8 Å². The number of halogens is 1. The lowest BCUT2D eigenvalue weighted by Gasteiger charge is -1.99. The van der Waals surface area contributed by atoms with Gasteiger partial charge in [-0.05, 0) is 0 Å². The molecule has 0 spiro atoms. The molecule has 0 radical (unpaired) electrons. The second-order valence-corrected chi connectivity index (χ2v) is 3.53. The van der Waals surface area contributed by atoms with Gasteiger partial charge in [-0.3, -0.25) is 0 Å². The number of nitrogen functional groups attached to an aromatic ring is 1. The normalized spacial score (nSPS) is 10.6. The molecule has 0 saturated carbocycles. The molecule has 0 bridgehead atoms. The fraction of sp³-hybridized carbons (Fsp3) is 0.250. The maximum atomic E-state index is 5.42. The lowest BCUT2D eigenvalue weighted by molar-refractivity contribution is 1.03. The molecule has 0 atom stereocenters. The maximum absolute atomic E-state index is 5.42. The number of alkyl halides is 1. The van der Waals surface area contributed by atoms with Gasteiger partial charge in [0.1, 0.15) is 5.52 Å². The highest BCUT2D eigenvalue weighted by atomic mass is 79.9. The third-order valence-corrected chi connectivity index (χ3v) is 2.12. The molecule has 0 saturated heterocycles. The van der Waals surface area contributed by atoms with Crippen molar-refractivity contribution in [1.29, 1.82) is 0 Å². The topological polar surface area (TPSA) is 77.6 Å². The van der Waals surface area contributed by atoms with Crippen LogP contribution in [0.2, 0.25) is 0 Å². The Hall–Kier alpha value is -1.30. The molecule has 0 amide bonds. The number of anilines is 1. The summed E-state index contributed by atoms with van der Waals surface area (Å²) in [5.41, 5.74) is 7.56. The molecular weight excluding hydrogens is 246 g/mol. The van der Waals surface area contributed by atoms with Crippen molar-refractivity contribution in [2.75, 3.05) is 11.1 Å². The number of aryl methyl sites for hydroxylation is 1. The van der Waals surface area contributed by atoms with Gasteiger partial charge in [0.05, 0.1) is 18.1 Å². The number of hydrogen-bond donors (Lipinski definition) is 1. The van der Waals surface area contributed by atoms with Crippen LogP contribution >= 0.6 is 15.9 Å². The molecule has 2 aromatic rings. The van der Waals surface area contributed by atoms with E-state index in [1.165, 1.54) is 0 Å². The summed E-state index contributed by atoms with van der Waals surface area (Å²) in [6.45, 7) is 0. The molecular formula is C8H8BrN5. The van der Waals surface area contributed by atoms with Crippen LogP contribution in [0.3, 0.4) is 0 Å². The highest BCUT2D eigenvalue weighted by Crippen LogP contribution is 2.07. The van der Waals surface area contributed by atoms with Crippen molar-refractivity contribution >= 4 is 33.0 Å². The first kappa shape index (κ1) is 9.26. The van der Waals surface area contributed by atoms with E-state index in [0.717, 1.165) is 17.4 Å². The number of fused-ring (bicyclic) bond motifs is 1. The largest absolute Gasteiger partial charge is 0.368 e. The van der Waals surface area contributed by atoms with Gasteiger partial charge in [-0.1, -0.05) is 15.9 Å². The van der Waals surface area contributed by atoms with E-state index in [1.807, 2.05) is 0 Å². The van der Waals surface area contributed by atoms with Crippen LogP contribution < -0.4 is 5.73 Å². The molecule has 0 aliphatic rings. The Morgan fingerprint density at radius 2 is 2.07 bits per heavy atom. The average molecular weight is 254 g/mol. The summed E-state index contributed by atoms with van der Waals surface area (Å²) < 4.78 is 0. The zero-order valence-corrected chi connectivity index (χ0v) is 8.90. The summed E-state index contributed by atoms with van der Waals surface area (Å²) in [5, 5.41) is 0.864. The fourth-order valence-electron chi connectivity index (χ4n) is 1.09. The van der Waals surface area contributed by atoms with Crippen LogP contribution in [0.25, 0.3) is 11.2 Å². The molecule has 5 nitrogen and oxygen atoms in total. The number of nitrogens with two attached hydrogens (primary N) is 1. The van der Waals surface area contributed by atoms with E-state index >= 15 is 0 Å². The van der Waals surface area contributed by atoms with Gasteiger partial charge in [-0.15, -0.1) is 0 Å². The molecule has 2 heterocycles. The Balaban J connectivity index is 2.50. The number of nitrogens with zero attached hydrogens (tertiary/aromatic N) is 4. The third-order valence-electron chi connectivity index (χ3n) is 1.72. The molecule has 0 unspecified atom stereocenters. The molecule has 72 valence electrons. The van der Waals surface area contributed by atoms with E-state index in [9.17, 15) is 0 Å². The molecule has 2 N–H and O–H groups in total. The maximum Gasteiger partial charge on any atom is 0.222 e. The van der Waals surface area contributed by atoms with Gasteiger partial charge in [0.25, 0.3) is 0 Å². The Labute approximate surface area is 88.9 Å². The van der Waals surface area contributed by atoms with E-state index in [4.69, 9.17) is 5.73 Å². The SMILES string of the molecule is Nc1ncc2nc(CCBr)cnc2n1. The summed E-state index contributed by atoms with van der Waals surface area (Å²) >= 11 is 3.34. The number of rotatable bonds is 2. The Kier molecular flexibility index (Phi) is 2.53. The Morgan fingerprint density at radius 1 is 1.21 bits per heavy atom. The molecule has 0 aliphatic heterocycles. The summed E-state index contributed by atoms with van der Waals surface area (Å²) in [6, 6.07) is 0. The monoisotopic (exact) mass is 253 g/mol. The molecule has 0 aromatic carbocycles.